The van der Waals surface area contributed by atoms with Crippen LogP contribution in [0.3, 0.4) is 0 Å². The van der Waals surface area contributed by atoms with E-state index in [-0.39, 0.29) is 21.9 Å². The van der Waals surface area contributed by atoms with Crippen molar-refractivity contribution in [3.05, 3.63) is 34.6 Å². The SMILES string of the molecule is COCC(Cl)CN(C)C(=O)c1ccc(F)cc1Cl. The molecule has 1 unspecified atom stereocenters. The van der Waals surface area contributed by atoms with Gasteiger partial charge in [0.2, 0.25) is 0 Å². The Morgan fingerprint density at radius 1 is 1.56 bits per heavy atom. The average Bonchev–Trinajstić information content (AvgIpc) is 2.28. The molecule has 0 heterocycles. The number of carbonyl (C=O) groups is 1. The highest BCUT2D eigenvalue weighted by Crippen LogP contribution is 2.19. The molecule has 0 spiro atoms. The number of hydrogen-bond acceptors (Lipinski definition) is 2. The van der Waals surface area contributed by atoms with E-state index in [9.17, 15) is 9.18 Å². The third kappa shape index (κ3) is 4.12. The summed E-state index contributed by atoms with van der Waals surface area (Å²) in [5.41, 5.74) is 0.252. The van der Waals surface area contributed by atoms with E-state index >= 15 is 0 Å². The molecule has 1 rings (SSSR count). The maximum absolute atomic E-state index is 12.9. The lowest BCUT2D eigenvalue weighted by atomic mass is 10.2. The second-order valence-electron chi connectivity index (χ2n) is 3.86. The lowest BCUT2D eigenvalue weighted by Crippen LogP contribution is -2.34. The van der Waals surface area contributed by atoms with E-state index in [0.29, 0.717) is 13.2 Å². The summed E-state index contributed by atoms with van der Waals surface area (Å²) in [5, 5.41) is -0.215. The van der Waals surface area contributed by atoms with Crippen LogP contribution < -0.4 is 0 Å². The monoisotopic (exact) mass is 293 g/mol. The minimum atomic E-state index is -0.478. The molecule has 0 aromatic heterocycles. The minimum Gasteiger partial charge on any atom is -0.383 e. The Labute approximate surface area is 115 Å². The van der Waals surface area contributed by atoms with Crippen molar-refractivity contribution in [3.63, 3.8) is 0 Å². The zero-order valence-electron chi connectivity index (χ0n) is 10.1. The Hall–Kier alpha value is -0.840. The third-order valence-electron chi connectivity index (χ3n) is 2.33. The Morgan fingerprint density at radius 2 is 2.22 bits per heavy atom. The van der Waals surface area contributed by atoms with E-state index in [0.717, 1.165) is 6.07 Å². The van der Waals surface area contributed by atoms with Gasteiger partial charge in [-0.2, -0.15) is 0 Å². The summed E-state index contributed by atoms with van der Waals surface area (Å²) in [6.07, 6.45) is 0. The Balaban J connectivity index is 2.74. The molecular weight excluding hydrogens is 280 g/mol. The van der Waals surface area contributed by atoms with Crippen LogP contribution in [0.25, 0.3) is 0 Å². The van der Waals surface area contributed by atoms with Gasteiger partial charge in [0, 0.05) is 20.7 Å². The summed E-state index contributed by atoms with van der Waals surface area (Å²) < 4.78 is 17.8. The lowest BCUT2D eigenvalue weighted by molar-refractivity contribution is 0.0782. The van der Waals surface area contributed by atoms with Gasteiger partial charge in [-0.1, -0.05) is 11.6 Å². The number of hydrogen-bond donors (Lipinski definition) is 0. The van der Waals surface area contributed by atoms with Crippen molar-refractivity contribution in [1.29, 1.82) is 0 Å². The first-order valence-corrected chi connectivity index (χ1v) is 6.10. The molecule has 0 fully saturated rings. The summed E-state index contributed by atoms with van der Waals surface area (Å²) >= 11 is 11.8. The maximum Gasteiger partial charge on any atom is 0.255 e. The number of carbonyl (C=O) groups excluding carboxylic acids is 1. The van der Waals surface area contributed by atoms with Crippen molar-refractivity contribution >= 4 is 29.1 Å². The van der Waals surface area contributed by atoms with Crippen molar-refractivity contribution in [2.24, 2.45) is 0 Å². The van der Waals surface area contributed by atoms with E-state index in [1.54, 1.807) is 7.05 Å². The first-order valence-electron chi connectivity index (χ1n) is 5.29. The molecule has 0 aliphatic heterocycles. The number of methoxy groups -OCH3 is 1. The molecule has 1 aromatic rings. The van der Waals surface area contributed by atoms with Crippen LogP contribution in [-0.2, 0) is 4.74 Å². The first kappa shape index (κ1) is 15.2. The predicted octanol–water partition coefficient (Wildman–Crippen LogP) is 2.80. The van der Waals surface area contributed by atoms with Crippen LogP contribution in [0.1, 0.15) is 10.4 Å². The number of halogens is 3. The average molecular weight is 294 g/mol. The fourth-order valence-electron chi connectivity index (χ4n) is 1.48. The molecule has 0 aliphatic carbocycles. The van der Waals surface area contributed by atoms with Gasteiger partial charge in [-0.15, -0.1) is 11.6 Å². The van der Waals surface area contributed by atoms with Crippen molar-refractivity contribution < 1.29 is 13.9 Å². The summed E-state index contributed by atoms with van der Waals surface area (Å²) in [4.78, 5) is 13.5. The van der Waals surface area contributed by atoms with E-state index in [2.05, 4.69) is 0 Å². The molecule has 1 aromatic carbocycles. The molecule has 0 saturated carbocycles. The number of alkyl halides is 1. The highest BCUT2D eigenvalue weighted by atomic mass is 35.5. The van der Waals surface area contributed by atoms with Gasteiger partial charge in [-0.3, -0.25) is 4.79 Å². The Kier molecular flexibility index (Phi) is 5.85. The van der Waals surface area contributed by atoms with Crippen molar-refractivity contribution in [2.45, 2.75) is 5.38 Å². The number of benzene rings is 1. The summed E-state index contributed by atoms with van der Waals surface area (Å²) in [5.74, 6) is -0.782. The van der Waals surface area contributed by atoms with Crippen LogP contribution in [0.5, 0.6) is 0 Å². The van der Waals surface area contributed by atoms with Crippen molar-refractivity contribution in [1.82, 2.24) is 4.90 Å². The molecular formula is C12H14Cl2FNO2. The molecule has 18 heavy (non-hydrogen) atoms. The van der Waals surface area contributed by atoms with Gasteiger partial charge < -0.3 is 9.64 Å². The van der Waals surface area contributed by atoms with Crippen molar-refractivity contribution in [3.8, 4) is 0 Å². The van der Waals surface area contributed by atoms with E-state index in [4.69, 9.17) is 27.9 Å². The maximum atomic E-state index is 12.9. The van der Waals surface area contributed by atoms with E-state index in [1.807, 2.05) is 0 Å². The van der Waals surface area contributed by atoms with Gasteiger partial charge in [-0.25, -0.2) is 4.39 Å². The number of amides is 1. The lowest BCUT2D eigenvalue weighted by Gasteiger charge is -2.20. The van der Waals surface area contributed by atoms with Gasteiger partial charge in [0.05, 0.1) is 22.6 Å². The van der Waals surface area contributed by atoms with Crippen LogP contribution in [0.2, 0.25) is 5.02 Å². The fourth-order valence-corrected chi connectivity index (χ4v) is 2.06. The van der Waals surface area contributed by atoms with Crippen LogP contribution >= 0.6 is 23.2 Å². The van der Waals surface area contributed by atoms with Gasteiger partial charge >= 0.3 is 0 Å². The molecule has 0 bridgehead atoms. The standard InChI is InChI=1S/C12H14Cl2FNO2/c1-16(6-8(13)7-18-2)12(17)10-4-3-9(15)5-11(10)14/h3-5,8H,6-7H2,1-2H3. The summed E-state index contributed by atoms with van der Waals surface area (Å²) in [6, 6.07) is 3.66. The molecule has 0 aliphatic rings. The highest BCUT2D eigenvalue weighted by molar-refractivity contribution is 6.33. The van der Waals surface area contributed by atoms with Crippen LogP contribution in [-0.4, -0.2) is 43.5 Å². The van der Waals surface area contributed by atoms with Crippen LogP contribution in [0, 0.1) is 5.82 Å². The molecule has 3 nitrogen and oxygen atoms in total. The number of ether oxygens (including phenoxy) is 1. The molecule has 1 amide bonds. The first-order chi connectivity index (χ1) is 8.45. The highest BCUT2D eigenvalue weighted by Gasteiger charge is 2.18. The predicted molar refractivity (Wildman–Crippen MR) is 69.9 cm³/mol. The normalized spacial score (nSPS) is 12.3. The smallest absolute Gasteiger partial charge is 0.255 e. The quantitative estimate of drug-likeness (QED) is 0.782. The van der Waals surface area contributed by atoms with Gasteiger partial charge in [0.1, 0.15) is 5.82 Å². The number of rotatable bonds is 5. The molecule has 1 atom stereocenters. The Bertz CT molecular complexity index is 429. The summed E-state index contributed by atoms with van der Waals surface area (Å²) in [6.45, 7) is 0.665. The minimum absolute atomic E-state index is 0.0877. The zero-order valence-corrected chi connectivity index (χ0v) is 11.6. The molecule has 0 radical (unpaired) electrons. The van der Waals surface area contributed by atoms with E-state index in [1.165, 1.54) is 24.1 Å². The fraction of sp³-hybridized carbons (Fsp3) is 0.417. The summed E-state index contributed by atoms with van der Waals surface area (Å²) in [7, 11) is 3.14. The van der Waals surface area contributed by atoms with Gasteiger partial charge in [0.15, 0.2) is 0 Å². The molecule has 0 saturated heterocycles. The number of nitrogens with zero attached hydrogens (tertiary/aromatic N) is 1. The van der Waals surface area contributed by atoms with Crippen molar-refractivity contribution in [2.75, 3.05) is 27.3 Å². The second-order valence-corrected chi connectivity index (χ2v) is 4.89. The third-order valence-corrected chi connectivity index (χ3v) is 2.90. The van der Waals surface area contributed by atoms with Gasteiger partial charge in [-0.05, 0) is 18.2 Å². The molecule has 0 N–H and O–H groups in total. The van der Waals surface area contributed by atoms with Crippen LogP contribution in [0.15, 0.2) is 18.2 Å². The van der Waals surface area contributed by atoms with Gasteiger partial charge in [0.25, 0.3) is 5.91 Å². The van der Waals surface area contributed by atoms with Crippen LogP contribution in [0.4, 0.5) is 4.39 Å². The molecule has 6 heteroatoms. The second kappa shape index (κ2) is 6.92. The van der Waals surface area contributed by atoms with E-state index < -0.39 is 5.82 Å². The molecule has 100 valence electrons. The Morgan fingerprint density at radius 3 is 2.78 bits per heavy atom. The largest absolute Gasteiger partial charge is 0.383 e. The topological polar surface area (TPSA) is 29.5 Å². The zero-order chi connectivity index (χ0) is 13.7.